The Morgan fingerprint density at radius 3 is 2.75 bits per heavy atom. The van der Waals surface area contributed by atoms with Gasteiger partial charge in [-0.3, -0.25) is 4.79 Å². The van der Waals surface area contributed by atoms with Crippen LogP contribution in [-0.4, -0.2) is 50.8 Å². The molecule has 5 nitrogen and oxygen atoms in total. The van der Waals surface area contributed by atoms with Crippen LogP contribution in [-0.2, 0) is 9.53 Å². The van der Waals surface area contributed by atoms with E-state index in [-0.39, 0.29) is 5.91 Å². The van der Waals surface area contributed by atoms with Crippen LogP contribution >= 0.6 is 0 Å². The Morgan fingerprint density at radius 1 is 1.50 bits per heavy atom. The van der Waals surface area contributed by atoms with Gasteiger partial charge in [-0.15, -0.1) is 0 Å². The molecule has 1 aliphatic heterocycles. The second-order valence-corrected chi connectivity index (χ2v) is 2.61. The third-order valence-electron chi connectivity index (χ3n) is 1.75. The topological polar surface area (TPSA) is 53.6 Å². The lowest BCUT2D eigenvalue weighted by molar-refractivity contribution is -0.121. The van der Waals surface area contributed by atoms with E-state index in [0.717, 1.165) is 26.3 Å². The molecule has 70 valence electrons. The molecule has 0 atom stereocenters. The third kappa shape index (κ3) is 3.17. The first-order chi connectivity index (χ1) is 5.83. The fraction of sp³-hybridized carbons (Fsp3) is 0.857. The summed E-state index contributed by atoms with van der Waals surface area (Å²) in [5.74, 6) is 0.00138. The highest BCUT2D eigenvalue weighted by Gasteiger charge is 2.09. The van der Waals surface area contributed by atoms with Crippen LogP contribution in [0.1, 0.15) is 0 Å². The number of nitrogens with zero attached hydrogens (tertiary/aromatic N) is 1. The molecule has 0 aromatic rings. The van der Waals surface area contributed by atoms with Crippen molar-refractivity contribution in [1.29, 1.82) is 0 Å². The van der Waals surface area contributed by atoms with Crippen molar-refractivity contribution in [2.24, 2.45) is 0 Å². The zero-order valence-electron chi connectivity index (χ0n) is 7.30. The van der Waals surface area contributed by atoms with E-state index in [9.17, 15) is 4.79 Å². The molecule has 0 unspecified atom stereocenters. The highest BCUT2D eigenvalue weighted by Crippen LogP contribution is 1.90. The van der Waals surface area contributed by atoms with E-state index in [4.69, 9.17) is 4.74 Å². The molecule has 1 amide bonds. The van der Waals surface area contributed by atoms with E-state index in [2.05, 4.69) is 10.7 Å². The summed E-state index contributed by atoms with van der Waals surface area (Å²) >= 11 is 0. The Morgan fingerprint density at radius 2 is 2.17 bits per heavy atom. The third-order valence-corrected chi connectivity index (χ3v) is 1.75. The van der Waals surface area contributed by atoms with Crippen molar-refractivity contribution in [2.45, 2.75) is 0 Å². The first kappa shape index (κ1) is 9.44. The summed E-state index contributed by atoms with van der Waals surface area (Å²) in [5.41, 5.74) is 3.01. The minimum atomic E-state index is 0.00138. The van der Waals surface area contributed by atoms with Crippen molar-refractivity contribution in [2.75, 3.05) is 39.9 Å². The molecule has 0 aromatic carbocycles. The maximum atomic E-state index is 10.8. The molecule has 1 heterocycles. The van der Waals surface area contributed by atoms with Gasteiger partial charge in [-0.25, -0.2) is 10.4 Å². The molecule has 0 saturated carbocycles. The zero-order chi connectivity index (χ0) is 8.81. The molecule has 0 radical (unpaired) electrons. The minimum Gasteiger partial charge on any atom is -0.379 e. The van der Waals surface area contributed by atoms with E-state index in [0.29, 0.717) is 6.54 Å². The second kappa shape index (κ2) is 5.08. The van der Waals surface area contributed by atoms with Crippen molar-refractivity contribution >= 4 is 5.91 Å². The van der Waals surface area contributed by atoms with E-state index in [1.807, 2.05) is 5.01 Å². The molecule has 1 rings (SSSR count). The average molecular weight is 173 g/mol. The SMILES string of the molecule is CNC(=O)CNN1CCOCC1. The number of hydrogen-bond donors (Lipinski definition) is 2. The summed E-state index contributed by atoms with van der Waals surface area (Å²) in [6.07, 6.45) is 0. The number of hydrogen-bond acceptors (Lipinski definition) is 4. The van der Waals surface area contributed by atoms with Gasteiger partial charge in [0, 0.05) is 20.1 Å². The summed E-state index contributed by atoms with van der Waals surface area (Å²) in [6, 6.07) is 0. The number of morpholine rings is 1. The van der Waals surface area contributed by atoms with Gasteiger partial charge >= 0.3 is 0 Å². The molecule has 0 spiro atoms. The van der Waals surface area contributed by atoms with Gasteiger partial charge in [0.25, 0.3) is 0 Å². The fourth-order valence-corrected chi connectivity index (χ4v) is 0.993. The molecule has 1 saturated heterocycles. The molecule has 0 aromatic heterocycles. The van der Waals surface area contributed by atoms with Crippen LogP contribution in [0.4, 0.5) is 0 Å². The number of hydrazine groups is 1. The Kier molecular flexibility index (Phi) is 3.99. The number of amides is 1. The van der Waals surface area contributed by atoms with Crippen molar-refractivity contribution in [3.05, 3.63) is 0 Å². The van der Waals surface area contributed by atoms with Crippen molar-refractivity contribution in [3.63, 3.8) is 0 Å². The molecule has 0 aliphatic carbocycles. The summed E-state index contributed by atoms with van der Waals surface area (Å²) in [7, 11) is 1.63. The van der Waals surface area contributed by atoms with Crippen LogP contribution in [0, 0.1) is 0 Å². The monoisotopic (exact) mass is 173 g/mol. The van der Waals surface area contributed by atoms with Crippen LogP contribution in [0.5, 0.6) is 0 Å². The predicted octanol–water partition coefficient (Wildman–Crippen LogP) is -1.43. The zero-order valence-corrected chi connectivity index (χ0v) is 7.30. The lowest BCUT2D eigenvalue weighted by atomic mass is 10.5. The van der Waals surface area contributed by atoms with Crippen LogP contribution < -0.4 is 10.7 Å². The number of carbonyl (C=O) groups is 1. The van der Waals surface area contributed by atoms with Crippen molar-refractivity contribution in [1.82, 2.24) is 15.8 Å². The van der Waals surface area contributed by atoms with Gasteiger partial charge in [0.05, 0.1) is 19.8 Å². The Bertz CT molecular complexity index is 146. The van der Waals surface area contributed by atoms with E-state index >= 15 is 0 Å². The molecular weight excluding hydrogens is 158 g/mol. The normalized spacial score (nSPS) is 19.1. The van der Waals surface area contributed by atoms with Crippen LogP contribution in [0.3, 0.4) is 0 Å². The number of ether oxygens (including phenoxy) is 1. The van der Waals surface area contributed by atoms with Crippen LogP contribution in [0.25, 0.3) is 0 Å². The van der Waals surface area contributed by atoms with Gasteiger partial charge in [-0.2, -0.15) is 0 Å². The Hall–Kier alpha value is -0.650. The molecule has 12 heavy (non-hydrogen) atoms. The van der Waals surface area contributed by atoms with Gasteiger partial charge in [0.2, 0.25) is 5.91 Å². The highest BCUT2D eigenvalue weighted by atomic mass is 16.5. The quantitative estimate of drug-likeness (QED) is 0.549. The largest absolute Gasteiger partial charge is 0.379 e. The smallest absolute Gasteiger partial charge is 0.235 e. The van der Waals surface area contributed by atoms with Crippen LogP contribution in [0.2, 0.25) is 0 Å². The molecule has 1 fully saturated rings. The molecular formula is C7H15N3O2. The summed E-state index contributed by atoms with van der Waals surface area (Å²) in [5, 5.41) is 4.54. The van der Waals surface area contributed by atoms with Gasteiger partial charge in [0.1, 0.15) is 0 Å². The Labute approximate surface area is 72.0 Å². The maximum absolute atomic E-state index is 10.8. The first-order valence-electron chi connectivity index (χ1n) is 4.09. The molecule has 2 N–H and O–H groups in total. The maximum Gasteiger partial charge on any atom is 0.235 e. The first-order valence-corrected chi connectivity index (χ1v) is 4.09. The fourth-order valence-electron chi connectivity index (χ4n) is 0.993. The van der Waals surface area contributed by atoms with Crippen LogP contribution in [0.15, 0.2) is 0 Å². The Balaban J connectivity index is 2.09. The van der Waals surface area contributed by atoms with Crippen molar-refractivity contribution in [3.8, 4) is 0 Å². The number of likely N-dealkylation sites (N-methyl/N-ethyl adjacent to an activating group) is 1. The van der Waals surface area contributed by atoms with E-state index < -0.39 is 0 Å². The lowest BCUT2D eigenvalue weighted by Gasteiger charge is -2.26. The summed E-state index contributed by atoms with van der Waals surface area (Å²) in [6.45, 7) is 3.51. The van der Waals surface area contributed by atoms with Gasteiger partial charge in [-0.05, 0) is 0 Å². The molecule has 0 bridgehead atoms. The summed E-state index contributed by atoms with van der Waals surface area (Å²) in [4.78, 5) is 10.8. The predicted molar refractivity (Wildman–Crippen MR) is 44.5 cm³/mol. The van der Waals surface area contributed by atoms with Gasteiger partial charge in [-0.1, -0.05) is 0 Å². The standard InChI is InChI=1S/C7H15N3O2/c1-8-7(11)6-9-10-2-4-12-5-3-10/h9H,2-6H2,1H3,(H,8,11). The van der Waals surface area contributed by atoms with Crippen molar-refractivity contribution < 1.29 is 9.53 Å². The minimum absolute atomic E-state index is 0.00138. The number of carbonyl (C=O) groups excluding carboxylic acids is 1. The second-order valence-electron chi connectivity index (χ2n) is 2.61. The summed E-state index contributed by atoms with van der Waals surface area (Å²) < 4.78 is 5.15. The average Bonchev–Trinajstić information content (AvgIpc) is 2.16. The number of rotatable bonds is 3. The highest BCUT2D eigenvalue weighted by molar-refractivity contribution is 5.77. The van der Waals surface area contributed by atoms with E-state index in [1.165, 1.54) is 0 Å². The lowest BCUT2D eigenvalue weighted by Crippen LogP contribution is -2.48. The molecule has 1 aliphatic rings. The van der Waals surface area contributed by atoms with Gasteiger partial charge < -0.3 is 10.1 Å². The molecule has 5 heteroatoms. The number of nitrogens with one attached hydrogen (secondary N) is 2. The van der Waals surface area contributed by atoms with E-state index in [1.54, 1.807) is 7.05 Å². The van der Waals surface area contributed by atoms with Gasteiger partial charge in [0.15, 0.2) is 0 Å².